The third kappa shape index (κ3) is 2.22. The largest absolute Gasteiger partial charge is 0.391 e. The predicted molar refractivity (Wildman–Crippen MR) is 62.0 cm³/mol. The molecule has 1 heterocycles. The van der Waals surface area contributed by atoms with Gasteiger partial charge in [0.15, 0.2) is 0 Å². The Morgan fingerprint density at radius 1 is 1.12 bits per heavy atom. The molecular formula is C13H15NO3. The van der Waals surface area contributed by atoms with Gasteiger partial charge in [-0.3, -0.25) is 14.5 Å². The Bertz CT molecular complexity index is 412. The summed E-state index contributed by atoms with van der Waals surface area (Å²) in [6.45, 7) is 1.59. The molecule has 0 radical (unpaired) electrons. The first kappa shape index (κ1) is 11.8. The molecule has 0 bridgehead atoms. The minimum Gasteiger partial charge on any atom is -0.391 e. The van der Waals surface area contributed by atoms with Crippen molar-refractivity contribution in [2.45, 2.75) is 31.9 Å². The van der Waals surface area contributed by atoms with E-state index in [1.54, 1.807) is 6.92 Å². The Kier molecular flexibility index (Phi) is 3.24. The summed E-state index contributed by atoms with van der Waals surface area (Å²) in [4.78, 5) is 24.6. The van der Waals surface area contributed by atoms with Gasteiger partial charge in [-0.2, -0.15) is 0 Å². The predicted octanol–water partition coefficient (Wildman–Crippen LogP) is 1.26. The van der Waals surface area contributed by atoms with Crippen LogP contribution in [0.5, 0.6) is 0 Å². The molecule has 2 amide bonds. The van der Waals surface area contributed by atoms with Crippen molar-refractivity contribution in [3.63, 3.8) is 0 Å². The zero-order valence-corrected chi connectivity index (χ0v) is 9.67. The van der Waals surface area contributed by atoms with E-state index in [-0.39, 0.29) is 24.7 Å². The van der Waals surface area contributed by atoms with Gasteiger partial charge in [0.25, 0.3) is 0 Å². The second-order valence-electron chi connectivity index (χ2n) is 4.25. The van der Waals surface area contributed by atoms with Gasteiger partial charge in [0.2, 0.25) is 11.8 Å². The molecule has 17 heavy (non-hydrogen) atoms. The van der Waals surface area contributed by atoms with Crippen LogP contribution in [0.25, 0.3) is 0 Å². The van der Waals surface area contributed by atoms with Gasteiger partial charge < -0.3 is 5.11 Å². The number of imide groups is 1. The first-order chi connectivity index (χ1) is 8.11. The molecule has 2 atom stereocenters. The fraction of sp³-hybridized carbons (Fsp3) is 0.385. The van der Waals surface area contributed by atoms with E-state index in [1.165, 1.54) is 4.90 Å². The maximum Gasteiger partial charge on any atom is 0.230 e. The number of carbonyl (C=O) groups is 2. The Labute approximate surface area is 99.9 Å². The van der Waals surface area contributed by atoms with Crippen LogP contribution in [0.2, 0.25) is 0 Å². The van der Waals surface area contributed by atoms with Gasteiger partial charge in [-0.15, -0.1) is 0 Å². The van der Waals surface area contributed by atoms with Crippen LogP contribution >= 0.6 is 0 Å². The topological polar surface area (TPSA) is 57.6 Å². The molecule has 0 aromatic heterocycles. The molecule has 4 nitrogen and oxygen atoms in total. The van der Waals surface area contributed by atoms with E-state index >= 15 is 0 Å². The number of aliphatic hydroxyl groups is 1. The normalized spacial score (nSPS) is 19.5. The molecule has 1 N–H and O–H groups in total. The number of aliphatic hydroxyl groups excluding tert-OH is 1. The van der Waals surface area contributed by atoms with Gasteiger partial charge in [-0.1, -0.05) is 30.3 Å². The first-order valence-electron chi connectivity index (χ1n) is 5.69. The van der Waals surface area contributed by atoms with Gasteiger partial charge in [0, 0.05) is 12.8 Å². The molecule has 1 aliphatic heterocycles. The lowest BCUT2D eigenvalue weighted by atomic mass is 10.0. The minimum absolute atomic E-state index is 0.204. The van der Waals surface area contributed by atoms with Crippen molar-refractivity contribution >= 4 is 11.8 Å². The Morgan fingerprint density at radius 2 is 1.65 bits per heavy atom. The summed E-state index contributed by atoms with van der Waals surface area (Å²) >= 11 is 0. The highest BCUT2D eigenvalue weighted by molar-refractivity contribution is 6.02. The fourth-order valence-corrected chi connectivity index (χ4v) is 2.20. The van der Waals surface area contributed by atoms with Crippen molar-refractivity contribution in [2.24, 2.45) is 0 Å². The van der Waals surface area contributed by atoms with Crippen LogP contribution in [-0.4, -0.2) is 27.9 Å². The molecule has 1 aliphatic rings. The van der Waals surface area contributed by atoms with Crippen LogP contribution in [-0.2, 0) is 9.59 Å². The van der Waals surface area contributed by atoms with Crippen LogP contribution in [0.1, 0.15) is 31.4 Å². The van der Waals surface area contributed by atoms with E-state index in [4.69, 9.17) is 0 Å². The number of nitrogens with zero attached hydrogens (tertiary/aromatic N) is 1. The van der Waals surface area contributed by atoms with Crippen LogP contribution in [0.4, 0.5) is 0 Å². The molecule has 1 saturated heterocycles. The lowest BCUT2D eigenvalue weighted by Crippen LogP contribution is -2.39. The zero-order valence-electron chi connectivity index (χ0n) is 9.67. The van der Waals surface area contributed by atoms with Crippen molar-refractivity contribution in [3.8, 4) is 0 Å². The highest BCUT2D eigenvalue weighted by Gasteiger charge is 2.37. The summed E-state index contributed by atoms with van der Waals surface area (Å²) in [5.74, 6) is -0.408. The summed E-state index contributed by atoms with van der Waals surface area (Å²) in [6.07, 6.45) is -0.285. The second kappa shape index (κ2) is 4.67. The van der Waals surface area contributed by atoms with Gasteiger partial charge in [0.05, 0.1) is 12.1 Å². The van der Waals surface area contributed by atoms with E-state index < -0.39 is 12.1 Å². The Balaban J connectivity index is 2.36. The van der Waals surface area contributed by atoms with E-state index in [9.17, 15) is 14.7 Å². The number of likely N-dealkylation sites (tertiary alicyclic amines) is 1. The molecular weight excluding hydrogens is 218 g/mol. The van der Waals surface area contributed by atoms with Gasteiger partial charge in [-0.05, 0) is 12.5 Å². The van der Waals surface area contributed by atoms with Gasteiger partial charge in [0.1, 0.15) is 0 Å². The van der Waals surface area contributed by atoms with Gasteiger partial charge >= 0.3 is 0 Å². The van der Waals surface area contributed by atoms with E-state index in [0.29, 0.717) is 0 Å². The minimum atomic E-state index is -0.775. The number of benzene rings is 1. The summed E-state index contributed by atoms with van der Waals surface area (Å²) < 4.78 is 0. The smallest absolute Gasteiger partial charge is 0.230 e. The first-order valence-corrected chi connectivity index (χ1v) is 5.69. The number of amides is 2. The van der Waals surface area contributed by atoms with Crippen LogP contribution in [0.3, 0.4) is 0 Å². The highest BCUT2D eigenvalue weighted by Crippen LogP contribution is 2.29. The van der Waals surface area contributed by atoms with E-state index in [1.807, 2.05) is 30.3 Å². The average Bonchev–Trinajstić information content (AvgIpc) is 2.62. The molecule has 0 aliphatic carbocycles. The van der Waals surface area contributed by atoms with Crippen molar-refractivity contribution in [1.82, 2.24) is 4.90 Å². The van der Waals surface area contributed by atoms with E-state index in [2.05, 4.69) is 0 Å². The highest BCUT2D eigenvalue weighted by atomic mass is 16.3. The molecule has 0 unspecified atom stereocenters. The number of hydrogen-bond donors (Lipinski definition) is 1. The van der Waals surface area contributed by atoms with Crippen molar-refractivity contribution in [2.75, 3.05) is 0 Å². The molecule has 1 aromatic rings. The van der Waals surface area contributed by atoms with Crippen molar-refractivity contribution in [1.29, 1.82) is 0 Å². The van der Waals surface area contributed by atoms with Crippen molar-refractivity contribution in [3.05, 3.63) is 35.9 Å². The van der Waals surface area contributed by atoms with Gasteiger partial charge in [-0.25, -0.2) is 0 Å². The summed E-state index contributed by atoms with van der Waals surface area (Å²) in [5.41, 5.74) is 0.783. The van der Waals surface area contributed by atoms with Crippen molar-refractivity contribution < 1.29 is 14.7 Å². The lowest BCUT2D eigenvalue weighted by Gasteiger charge is -2.28. The van der Waals surface area contributed by atoms with E-state index in [0.717, 1.165) is 5.56 Å². The fourth-order valence-electron chi connectivity index (χ4n) is 2.20. The molecule has 1 aromatic carbocycles. The third-order valence-corrected chi connectivity index (χ3v) is 2.97. The monoisotopic (exact) mass is 233 g/mol. The molecule has 1 fully saturated rings. The molecule has 2 rings (SSSR count). The average molecular weight is 233 g/mol. The quantitative estimate of drug-likeness (QED) is 0.799. The number of carbonyl (C=O) groups excluding carboxylic acids is 2. The van der Waals surface area contributed by atoms with Crippen LogP contribution < -0.4 is 0 Å². The molecule has 0 saturated carbocycles. The molecule has 90 valence electrons. The molecule has 0 spiro atoms. The maximum absolute atomic E-state index is 11.7. The maximum atomic E-state index is 11.7. The SMILES string of the molecule is C[C@@H](O)[C@H](c1ccccc1)N1C(=O)CCC1=O. The third-order valence-electron chi connectivity index (χ3n) is 2.97. The lowest BCUT2D eigenvalue weighted by molar-refractivity contribution is -0.144. The molecule has 4 heteroatoms. The Hall–Kier alpha value is -1.68. The second-order valence-corrected chi connectivity index (χ2v) is 4.25. The summed E-state index contributed by atoms with van der Waals surface area (Å²) in [6, 6.07) is 8.58. The standard InChI is InChI=1S/C13H15NO3/c1-9(15)13(10-5-3-2-4-6-10)14-11(16)7-8-12(14)17/h2-6,9,13,15H,7-8H2,1H3/t9-,13-/m1/s1. The number of hydrogen-bond acceptors (Lipinski definition) is 3. The van der Waals surface area contributed by atoms with Crippen LogP contribution in [0.15, 0.2) is 30.3 Å². The summed E-state index contributed by atoms with van der Waals surface area (Å²) in [7, 11) is 0. The van der Waals surface area contributed by atoms with Crippen LogP contribution in [0, 0.1) is 0 Å². The zero-order chi connectivity index (χ0) is 12.4. The Morgan fingerprint density at radius 3 is 2.12 bits per heavy atom. The summed E-state index contributed by atoms with van der Waals surface area (Å²) in [5, 5.41) is 9.82. The number of rotatable bonds is 3.